The summed E-state index contributed by atoms with van der Waals surface area (Å²) >= 11 is 0. The summed E-state index contributed by atoms with van der Waals surface area (Å²) in [5.41, 5.74) is -1.43. The van der Waals surface area contributed by atoms with Gasteiger partial charge in [-0.3, -0.25) is 10.1 Å². The van der Waals surface area contributed by atoms with Crippen molar-refractivity contribution in [3.8, 4) is 0 Å². The van der Waals surface area contributed by atoms with Crippen molar-refractivity contribution in [1.29, 1.82) is 0 Å². The topological polar surface area (TPSA) is 108 Å². The van der Waals surface area contributed by atoms with Crippen LogP contribution in [0.15, 0.2) is 16.5 Å². The van der Waals surface area contributed by atoms with Crippen LogP contribution in [0.5, 0.6) is 0 Å². The summed E-state index contributed by atoms with van der Waals surface area (Å²) in [6.45, 7) is 2.56. The minimum absolute atomic E-state index is 0.0115. The van der Waals surface area contributed by atoms with E-state index in [4.69, 9.17) is 4.42 Å². The van der Waals surface area contributed by atoms with Crippen LogP contribution in [0, 0.1) is 13.8 Å². The SMILES string of the molecule is Cc1nc(C(F)(F)F)ccc1C(=O)Nc1nc(C)c(C(=O)[O-])o1. The number of carbonyl (C=O) groups is 2. The van der Waals surface area contributed by atoms with Crippen molar-refractivity contribution in [3.05, 3.63) is 40.5 Å². The second-order valence-electron chi connectivity index (χ2n) is 4.50. The van der Waals surface area contributed by atoms with E-state index in [0.29, 0.717) is 6.07 Å². The summed E-state index contributed by atoms with van der Waals surface area (Å²) in [7, 11) is 0. The van der Waals surface area contributed by atoms with Gasteiger partial charge >= 0.3 is 12.2 Å². The fraction of sp³-hybridized carbons (Fsp3) is 0.231. The zero-order chi connectivity index (χ0) is 17.4. The van der Waals surface area contributed by atoms with Gasteiger partial charge in [0.05, 0.1) is 17.0 Å². The monoisotopic (exact) mass is 328 g/mol. The summed E-state index contributed by atoms with van der Waals surface area (Å²) in [6, 6.07) is 1.21. The molecule has 122 valence electrons. The van der Waals surface area contributed by atoms with Crippen LogP contribution in [0.1, 0.15) is 38.0 Å². The number of hydrogen-bond donors (Lipinski definition) is 1. The van der Waals surface area contributed by atoms with Crippen LogP contribution in [0.25, 0.3) is 0 Å². The number of halogens is 3. The Labute approximate surface area is 127 Å². The zero-order valence-corrected chi connectivity index (χ0v) is 11.8. The molecule has 0 aliphatic carbocycles. The standard InChI is InChI=1S/C13H10F3N3O4/c1-5-7(3-4-8(17-5)13(14,15)16)10(20)19-12-18-6(2)9(23-12)11(21)22/h3-4H,1-2H3,(H,21,22)(H,18,19,20)/p-1. The molecule has 0 saturated carbocycles. The lowest BCUT2D eigenvalue weighted by molar-refractivity contribution is -0.257. The lowest BCUT2D eigenvalue weighted by Crippen LogP contribution is -2.22. The van der Waals surface area contributed by atoms with Crippen molar-refractivity contribution < 1.29 is 32.3 Å². The van der Waals surface area contributed by atoms with Gasteiger partial charge < -0.3 is 14.3 Å². The number of carbonyl (C=O) groups excluding carboxylic acids is 2. The number of alkyl halides is 3. The number of carboxylic acid groups (broad SMARTS) is 1. The minimum atomic E-state index is -4.62. The predicted molar refractivity (Wildman–Crippen MR) is 67.5 cm³/mol. The number of rotatable bonds is 3. The van der Waals surface area contributed by atoms with Crippen LogP contribution in [0.3, 0.4) is 0 Å². The van der Waals surface area contributed by atoms with Gasteiger partial charge in [0.1, 0.15) is 11.7 Å². The zero-order valence-electron chi connectivity index (χ0n) is 11.8. The van der Waals surface area contributed by atoms with Gasteiger partial charge in [-0.15, -0.1) is 0 Å². The van der Waals surface area contributed by atoms with E-state index in [9.17, 15) is 27.9 Å². The van der Waals surface area contributed by atoms with Crippen molar-refractivity contribution in [1.82, 2.24) is 9.97 Å². The first kappa shape index (κ1) is 16.5. The van der Waals surface area contributed by atoms with E-state index in [1.54, 1.807) is 0 Å². The van der Waals surface area contributed by atoms with E-state index in [1.807, 2.05) is 0 Å². The van der Waals surface area contributed by atoms with Crippen LogP contribution in [0.2, 0.25) is 0 Å². The van der Waals surface area contributed by atoms with Crippen molar-refractivity contribution in [3.63, 3.8) is 0 Å². The van der Waals surface area contributed by atoms with E-state index >= 15 is 0 Å². The summed E-state index contributed by atoms with van der Waals surface area (Å²) in [5.74, 6) is -3.00. The van der Waals surface area contributed by atoms with Crippen LogP contribution in [-0.2, 0) is 6.18 Å². The molecule has 0 aliphatic rings. The summed E-state index contributed by atoms with van der Waals surface area (Å²) < 4.78 is 42.3. The van der Waals surface area contributed by atoms with Gasteiger partial charge in [0.25, 0.3) is 5.91 Å². The Morgan fingerprint density at radius 2 is 1.83 bits per heavy atom. The number of aryl methyl sites for hydroxylation is 2. The molecule has 0 aliphatic heterocycles. The van der Waals surface area contributed by atoms with Gasteiger partial charge in [0, 0.05) is 0 Å². The first-order valence-electron chi connectivity index (χ1n) is 6.14. The highest BCUT2D eigenvalue weighted by Crippen LogP contribution is 2.28. The quantitative estimate of drug-likeness (QED) is 0.910. The molecule has 2 heterocycles. The highest BCUT2D eigenvalue weighted by Gasteiger charge is 2.33. The molecular weight excluding hydrogens is 319 g/mol. The number of hydrogen-bond acceptors (Lipinski definition) is 6. The van der Waals surface area contributed by atoms with E-state index < -0.39 is 35.5 Å². The number of aromatic carboxylic acids is 1. The van der Waals surface area contributed by atoms with E-state index in [-0.39, 0.29) is 17.0 Å². The number of anilines is 1. The fourth-order valence-electron chi connectivity index (χ4n) is 1.76. The van der Waals surface area contributed by atoms with E-state index in [0.717, 1.165) is 6.07 Å². The number of nitrogens with zero attached hydrogens (tertiary/aromatic N) is 2. The Kier molecular flexibility index (Phi) is 4.08. The van der Waals surface area contributed by atoms with Crippen LogP contribution in [0.4, 0.5) is 19.2 Å². The van der Waals surface area contributed by atoms with Gasteiger partial charge in [0.2, 0.25) is 0 Å². The average molecular weight is 328 g/mol. The molecule has 0 atom stereocenters. The lowest BCUT2D eigenvalue weighted by atomic mass is 10.1. The predicted octanol–water partition coefficient (Wildman–Crippen LogP) is 1.32. The third-order valence-electron chi connectivity index (χ3n) is 2.82. The number of pyridine rings is 1. The second kappa shape index (κ2) is 5.71. The van der Waals surface area contributed by atoms with Crippen LogP contribution in [-0.4, -0.2) is 21.8 Å². The van der Waals surface area contributed by atoms with Gasteiger partial charge in [0.15, 0.2) is 5.76 Å². The number of carboxylic acids is 1. The molecule has 23 heavy (non-hydrogen) atoms. The molecule has 2 rings (SSSR count). The van der Waals surface area contributed by atoms with Crippen LogP contribution < -0.4 is 10.4 Å². The molecule has 1 amide bonds. The normalized spacial score (nSPS) is 11.3. The van der Waals surface area contributed by atoms with Crippen LogP contribution >= 0.6 is 0 Å². The Balaban J connectivity index is 2.24. The number of amides is 1. The maximum atomic E-state index is 12.5. The summed E-state index contributed by atoms with van der Waals surface area (Å²) in [5, 5.41) is 12.8. The van der Waals surface area contributed by atoms with Crippen molar-refractivity contribution in [2.24, 2.45) is 0 Å². The summed E-state index contributed by atoms with van der Waals surface area (Å²) in [4.78, 5) is 29.7. The molecule has 0 fully saturated rings. The molecule has 7 nitrogen and oxygen atoms in total. The Hall–Kier alpha value is -2.91. The number of nitrogens with one attached hydrogen (secondary N) is 1. The molecule has 2 aromatic rings. The van der Waals surface area contributed by atoms with Gasteiger partial charge in [-0.05, 0) is 26.0 Å². The number of aromatic nitrogens is 2. The van der Waals surface area contributed by atoms with Crippen molar-refractivity contribution in [2.45, 2.75) is 20.0 Å². The molecule has 1 N–H and O–H groups in total. The van der Waals surface area contributed by atoms with E-state index in [2.05, 4.69) is 15.3 Å². The molecule has 10 heteroatoms. The van der Waals surface area contributed by atoms with Gasteiger partial charge in [-0.2, -0.15) is 18.2 Å². The third kappa shape index (κ3) is 3.47. The van der Waals surface area contributed by atoms with Crippen molar-refractivity contribution >= 4 is 17.9 Å². The molecule has 0 spiro atoms. The highest BCUT2D eigenvalue weighted by atomic mass is 19.4. The van der Waals surface area contributed by atoms with E-state index in [1.165, 1.54) is 13.8 Å². The van der Waals surface area contributed by atoms with Gasteiger partial charge in [-0.1, -0.05) is 0 Å². The molecule has 0 aromatic carbocycles. The first-order valence-corrected chi connectivity index (χ1v) is 6.14. The maximum Gasteiger partial charge on any atom is 0.433 e. The first-order chi connectivity index (χ1) is 10.6. The highest BCUT2D eigenvalue weighted by molar-refractivity contribution is 6.04. The largest absolute Gasteiger partial charge is 0.541 e. The molecule has 0 unspecified atom stereocenters. The smallest absolute Gasteiger partial charge is 0.433 e. The molecule has 0 saturated heterocycles. The Morgan fingerprint density at radius 3 is 2.30 bits per heavy atom. The molecule has 0 bridgehead atoms. The molecule has 0 radical (unpaired) electrons. The maximum absolute atomic E-state index is 12.5. The average Bonchev–Trinajstić information content (AvgIpc) is 2.78. The minimum Gasteiger partial charge on any atom is -0.541 e. The lowest BCUT2D eigenvalue weighted by Gasteiger charge is -2.09. The third-order valence-corrected chi connectivity index (χ3v) is 2.82. The fourth-order valence-corrected chi connectivity index (χ4v) is 1.76. The van der Waals surface area contributed by atoms with Crippen molar-refractivity contribution in [2.75, 3.05) is 5.32 Å². The molecule has 2 aromatic heterocycles. The Morgan fingerprint density at radius 1 is 1.17 bits per heavy atom. The number of oxazole rings is 1. The molecular formula is C13H9F3N3O4-. The summed E-state index contributed by atoms with van der Waals surface area (Å²) in [6.07, 6.45) is -4.62. The second-order valence-corrected chi connectivity index (χ2v) is 4.50. The Bertz CT molecular complexity index is 783. The van der Waals surface area contributed by atoms with Gasteiger partial charge in [-0.25, -0.2) is 4.98 Å².